The first-order valence-electron chi connectivity index (χ1n) is 6.56. The average molecular weight is 322 g/mol. The summed E-state index contributed by atoms with van der Waals surface area (Å²) in [7, 11) is 1.20. The number of hydrogen-bond acceptors (Lipinski definition) is 6. The van der Waals surface area contributed by atoms with Crippen molar-refractivity contribution < 1.29 is 29.3 Å². The average Bonchev–Trinajstić information content (AvgIpc) is 2.76. The van der Waals surface area contributed by atoms with Crippen LogP contribution < -0.4 is 0 Å². The highest BCUT2D eigenvalue weighted by molar-refractivity contribution is 6.21. The Hall–Kier alpha value is -3.17. The second-order valence-electron chi connectivity index (χ2n) is 4.77. The van der Waals surface area contributed by atoms with E-state index in [0.29, 0.717) is 0 Å². The molecule has 1 aromatic rings. The van der Waals surface area contributed by atoms with Gasteiger partial charge in [-0.25, -0.2) is 4.90 Å². The van der Waals surface area contributed by atoms with Crippen LogP contribution in [0.15, 0.2) is 29.5 Å². The molecule has 1 N–H and O–H groups in total. The number of fused-ring (bicyclic) bond motifs is 1. The number of hydrazine groups is 1. The molecule has 122 valence electrons. The monoisotopic (exact) mass is 322 g/mol. The Kier molecular flexibility index (Phi) is 4.44. The maximum Gasteiger partial charge on any atom is 0.329 e. The lowest BCUT2D eigenvalue weighted by molar-refractivity contribution is -0.704. The lowest BCUT2D eigenvalue weighted by Crippen LogP contribution is -2.39. The van der Waals surface area contributed by atoms with E-state index in [9.17, 15) is 19.6 Å². The van der Waals surface area contributed by atoms with Crippen molar-refractivity contribution in [3.05, 3.63) is 40.6 Å². The molecule has 0 aromatic heterocycles. The number of likely N-dealkylation sites (N-methyl/N-ethyl adjacent to an activating group) is 1. The van der Waals surface area contributed by atoms with Gasteiger partial charge < -0.3 is 15.2 Å². The SMILES string of the molecule is CC(O/N=[N+](\[O-])N(C)CC(=O)O)N1C(=O)c2ccccc2C1=O. The number of nitrogens with zero attached hydrogens (tertiary/aromatic N) is 4. The molecule has 23 heavy (non-hydrogen) atoms. The Morgan fingerprint density at radius 1 is 1.39 bits per heavy atom. The van der Waals surface area contributed by atoms with Gasteiger partial charge in [-0.1, -0.05) is 12.1 Å². The van der Waals surface area contributed by atoms with Gasteiger partial charge in [0.1, 0.15) is 0 Å². The molecule has 10 heteroatoms. The third kappa shape index (κ3) is 3.20. The smallest absolute Gasteiger partial charge is 0.329 e. The number of amides is 2. The first-order chi connectivity index (χ1) is 10.8. The highest BCUT2D eigenvalue weighted by atomic mass is 16.7. The van der Waals surface area contributed by atoms with Crippen LogP contribution in [0.1, 0.15) is 27.6 Å². The number of carboxylic acids is 1. The number of carbonyl (C=O) groups excluding carboxylic acids is 2. The summed E-state index contributed by atoms with van der Waals surface area (Å²) in [5.74, 6) is -2.33. The van der Waals surface area contributed by atoms with Crippen LogP contribution in [0.3, 0.4) is 0 Å². The zero-order valence-electron chi connectivity index (χ0n) is 12.4. The van der Waals surface area contributed by atoms with Crippen molar-refractivity contribution in [3.63, 3.8) is 0 Å². The molecule has 1 atom stereocenters. The molecule has 0 spiro atoms. The molecule has 2 amide bonds. The van der Waals surface area contributed by atoms with Crippen LogP contribution in [0.2, 0.25) is 0 Å². The van der Waals surface area contributed by atoms with Gasteiger partial charge in [-0.05, 0) is 19.1 Å². The summed E-state index contributed by atoms with van der Waals surface area (Å²) in [5, 5.41) is 23.9. The van der Waals surface area contributed by atoms with Crippen molar-refractivity contribution in [3.8, 4) is 0 Å². The third-order valence-corrected chi connectivity index (χ3v) is 3.11. The lowest BCUT2D eigenvalue weighted by Gasteiger charge is -2.19. The van der Waals surface area contributed by atoms with Crippen molar-refractivity contribution in [1.82, 2.24) is 9.91 Å². The second kappa shape index (κ2) is 6.30. The number of rotatable bonds is 6. The van der Waals surface area contributed by atoms with Gasteiger partial charge in [0.2, 0.25) is 11.5 Å². The minimum absolute atomic E-state index is 0.0806. The van der Waals surface area contributed by atoms with Crippen LogP contribution in [0, 0.1) is 5.21 Å². The van der Waals surface area contributed by atoms with E-state index in [2.05, 4.69) is 5.28 Å². The van der Waals surface area contributed by atoms with Gasteiger partial charge in [0.15, 0.2) is 6.54 Å². The van der Waals surface area contributed by atoms with Crippen molar-refractivity contribution >= 4 is 17.8 Å². The Morgan fingerprint density at radius 2 is 1.91 bits per heavy atom. The van der Waals surface area contributed by atoms with Gasteiger partial charge in [0.05, 0.1) is 23.1 Å². The zero-order chi connectivity index (χ0) is 17.1. The van der Waals surface area contributed by atoms with Crippen LogP contribution in [0.5, 0.6) is 0 Å². The molecule has 1 aliphatic heterocycles. The van der Waals surface area contributed by atoms with Crippen LogP contribution in [0.4, 0.5) is 0 Å². The normalized spacial score (nSPS) is 15.4. The summed E-state index contributed by atoms with van der Waals surface area (Å²) in [4.78, 5) is 40.4. The quantitative estimate of drug-likeness (QED) is 0.349. The number of hydrogen-bond donors (Lipinski definition) is 1. The molecule has 1 heterocycles. The molecule has 0 radical (unpaired) electrons. The molecular formula is C13H14N4O6. The summed E-state index contributed by atoms with van der Waals surface area (Å²) >= 11 is 0. The third-order valence-electron chi connectivity index (χ3n) is 3.11. The predicted molar refractivity (Wildman–Crippen MR) is 73.8 cm³/mol. The predicted octanol–water partition coefficient (Wildman–Crippen LogP) is 0.454. The van der Waals surface area contributed by atoms with Gasteiger partial charge in [-0.2, -0.15) is 0 Å². The summed E-state index contributed by atoms with van der Waals surface area (Å²) in [6, 6.07) is 6.28. The van der Waals surface area contributed by atoms with E-state index in [1.54, 1.807) is 12.1 Å². The van der Waals surface area contributed by atoms with E-state index in [0.717, 1.165) is 9.91 Å². The second-order valence-corrected chi connectivity index (χ2v) is 4.77. The highest BCUT2D eigenvalue weighted by Crippen LogP contribution is 2.24. The molecule has 2 rings (SSSR count). The van der Waals surface area contributed by atoms with Crippen LogP contribution in [-0.4, -0.2) is 57.6 Å². The first kappa shape index (κ1) is 16.2. The Morgan fingerprint density at radius 3 is 2.39 bits per heavy atom. The van der Waals surface area contributed by atoms with Crippen molar-refractivity contribution in [2.75, 3.05) is 13.6 Å². The molecule has 0 saturated carbocycles. The number of carboxylic acid groups (broad SMARTS) is 1. The number of imide groups is 1. The van der Waals surface area contributed by atoms with Gasteiger partial charge >= 0.3 is 5.97 Å². The summed E-state index contributed by atoms with van der Waals surface area (Å²) in [6.45, 7) is 0.786. The number of carbonyl (C=O) groups is 3. The molecule has 1 unspecified atom stereocenters. The first-order valence-corrected chi connectivity index (χ1v) is 6.56. The maximum atomic E-state index is 12.2. The molecule has 1 aromatic carbocycles. The highest BCUT2D eigenvalue weighted by Gasteiger charge is 2.39. The summed E-state index contributed by atoms with van der Waals surface area (Å²) in [6.07, 6.45) is -1.13. The van der Waals surface area contributed by atoms with Gasteiger partial charge in [-0.3, -0.25) is 14.4 Å². The van der Waals surface area contributed by atoms with E-state index < -0.39 is 30.6 Å². The zero-order valence-corrected chi connectivity index (χ0v) is 12.4. The topological polar surface area (TPSA) is 126 Å². The van der Waals surface area contributed by atoms with Crippen molar-refractivity contribution in [2.45, 2.75) is 13.2 Å². The Balaban J connectivity index is 2.08. The van der Waals surface area contributed by atoms with Gasteiger partial charge in [0, 0.05) is 0 Å². The summed E-state index contributed by atoms with van der Waals surface area (Å²) in [5.41, 5.74) is 0.491. The Labute approximate surface area is 130 Å². The van der Waals surface area contributed by atoms with Crippen molar-refractivity contribution in [1.29, 1.82) is 0 Å². The maximum absolute atomic E-state index is 12.2. The van der Waals surface area contributed by atoms with Crippen LogP contribution in [-0.2, 0) is 9.63 Å². The fourth-order valence-electron chi connectivity index (χ4n) is 2.01. The van der Waals surface area contributed by atoms with E-state index >= 15 is 0 Å². The van der Waals surface area contributed by atoms with E-state index in [1.807, 2.05) is 0 Å². The van der Waals surface area contributed by atoms with E-state index in [-0.39, 0.29) is 16.1 Å². The van der Waals surface area contributed by atoms with Gasteiger partial charge in [-0.15, -0.1) is 5.01 Å². The van der Waals surface area contributed by atoms with E-state index in [1.165, 1.54) is 26.1 Å². The molecule has 0 saturated heterocycles. The largest absolute Gasteiger partial charge is 0.569 e. The standard InChI is InChI=1S/C13H14N4O6/c1-8(23-14-17(22)15(2)7-11(18)19)16-12(20)9-5-3-4-6-10(9)13(16)21/h3-6,8H,7H2,1-2H3,(H,18,19)/b17-14-. The summed E-state index contributed by atoms with van der Waals surface area (Å²) < 4.78 is 0. The molecule has 0 bridgehead atoms. The fourth-order valence-corrected chi connectivity index (χ4v) is 2.01. The molecule has 10 nitrogen and oxygen atoms in total. The molecular weight excluding hydrogens is 308 g/mol. The Bertz CT molecular complexity index is 654. The molecule has 0 aliphatic carbocycles. The minimum atomic E-state index is -1.23. The lowest BCUT2D eigenvalue weighted by atomic mass is 10.1. The number of aliphatic carboxylic acids is 1. The molecule has 0 fully saturated rings. The van der Waals surface area contributed by atoms with Crippen LogP contribution in [0.25, 0.3) is 0 Å². The van der Waals surface area contributed by atoms with Gasteiger partial charge in [0.25, 0.3) is 11.8 Å². The fraction of sp³-hybridized carbons (Fsp3) is 0.308. The van der Waals surface area contributed by atoms with Crippen LogP contribution >= 0.6 is 0 Å². The minimum Gasteiger partial charge on any atom is -0.569 e. The number of benzene rings is 1. The molecule has 1 aliphatic rings. The van der Waals surface area contributed by atoms with Crippen molar-refractivity contribution in [2.24, 2.45) is 5.28 Å². The van der Waals surface area contributed by atoms with E-state index in [4.69, 9.17) is 9.94 Å².